The first kappa shape index (κ1) is 17.2. The number of benzene rings is 2. The number of carbonyl (C=O) groups excluding carboxylic acids is 1. The largest absolute Gasteiger partial charge is 0.302 e. The molecule has 0 spiro atoms. The average Bonchev–Trinajstić information content (AvgIpc) is 2.94. The lowest BCUT2D eigenvalue weighted by atomic mass is 10.3. The second-order valence-electron chi connectivity index (χ2n) is 5.09. The molecular formula is C17H14ClFN2OS2. The summed E-state index contributed by atoms with van der Waals surface area (Å²) < 4.78 is 13.9. The molecule has 0 aliphatic carbocycles. The molecule has 1 amide bonds. The molecule has 0 unspecified atom stereocenters. The van der Waals surface area contributed by atoms with Crippen LogP contribution < -0.4 is 5.32 Å². The Morgan fingerprint density at radius 1 is 1.25 bits per heavy atom. The van der Waals surface area contributed by atoms with E-state index in [1.165, 1.54) is 23.5 Å². The summed E-state index contributed by atoms with van der Waals surface area (Å²) in [6.07, 6.45) is 1.18. The molecule has 124 valence electrons. The monoisotopic (exact) mass is 380 g/mol. The molecule has 0 bridgehead atoms. The van der Waals surface area contributed by atoms with Crippen LogP contribution in [0.15, 0.2) is 47.4 Å². The van der Waals surface area contributed by atoms with E-state index in [4.69, 9.17) is 11.6 Å². The Bertz CT molecular complexity index is 851. The third kappa shape index (κ3) is 4.69. The number of carbonyl (C=O) groups is 1. The van der Waals surface area contributed by atoms with Crippen LogP contribution in [-0.2, 0) is 4.79 Å². The van der Waals surface area contributed by atoms with Crippen LogP contribution in [0.4, 0.5) is 9.52 Å². The van der Waals surface area contributed by atoms with Gasteiger partial charge in [0, 0.05) is 16.3 Å². The second kappa shape index (κ2) is 7.96. The average molecular weight is 381 g/mol. The fourth-order valence-corrected chi connectivity index (χ4v) is 3.97. The molecule has 3 aromatic rings. The van der Waals surface area contributed by atoms with E-state index < -0.39 is 0 Å². The zero-order chi connectivity index (χ0) is 16.9. The predicted octanol–water partition coefficient (Wildman–Crippen LogP) is 5.60. The Morgan fingerprint density at radius 2 is 2.04 bits per heavy atom. The molecule has 3 nitrogen and oxygen atoms in total. The highest BCUT2D eigenvalue weighted by molar-refractivity contribution is 7.99. The minimum atomic E-state index is -0.303. The quantitative estimate of drug-likeness (QED) is 0.447. The summed E-state index contributed by atoms with van der Waals surface area (Å²) >= 11 is 8.81. The first-order chi connectivity index (χ1) is 11.6. The van der Waals surface area contributed by atoms with Crippen LogP contribution in [0.3, 0.4) is 0 Å². The van der Waals surface area contributed by atoms with Gasteiger partial charge in [-0.2, -0.15) is 0 Å². The van der Waals surface area contributed by atoms with Gasteiger partial charge in [-0.25, -0.2) is 9.37 Å². The third-order valence-electron chi connectivity index (χ3n) is 3.23. The Kier molecular flexibility index (Phi) is 5.71. The number of nitrogens with one attached hydrogen (secondary N) is 1. The van der Waals surface area contributed by atoms with Crippen molar-refractivity contribution in [2.45, 2.75) is 17.7 Å². The van der Waals surface area contributed by atoms with Gasteiger partial charge in [0.1, 0.15) is 5.82 Å². The van der Waals surface area contributed by atoms with Crippen molar-refractivity contribution in [3.63, 3.8) is 0 Å². The molecule has 7 heteroatoms. The highest BCUT2D eigenvalue weighted by atomic mass is 35.5. The molecular weight excluding hydrogens is 367 g/mol. The molecule has 0 radical (unpaired) electrons. The number of nitrogens with zero attached hydrogens (tertiary/aromatic N) is 1. The van der Waals surface area contributed by atoms with Crippen molar-refractivity contribution in [2.24, 2.45) is 0 Å². The number of anilines is 1. The summed E-state index contributed by atoms with van der Waals surface area (Å²) in [6.45, 7) is 0. The van der Waals surface area contributed by atoms with Gasteiger partial charge in [-0.3, -0.25) is 4.79 Å². The van der Waals surface area contributed by atoms with Gasteiger partial charge in [0.2, 0.25) is 5.91 Å². The Hall–Kier alpha value is -1.63. The molecule has 24 heavy (non-hydrogen) atoms. The number of fused-ring (bicyclic) bond motifs is 1. The van der Waals surface area contributed by atoms with Gasteiger partial charge in [-0.15, -0.1) is 11.8 Å². The normalized spacial score (nSPS) is 10.9. The summed E-state index contributed by atoms with van der Waals surface area (Å²) in [5, 5.41) is 4.00. The van der Waals surface area contributed by atoms with Gasteiger partial charge in [-0.1, -0.05) is 22.9 Å². The number of thiazole rings is 1. The molecule has 0 fully saturated rings. The minimum Gasteiger partial charge on any atom is -0.302 e. The van der Waals surface area contributed by atoms with Crippen LogP contribution in [0.1, 0.15) is 12.8 Å². The molecule has 0 saturated carbocycles. The number of hydrogen-bond donors (Lipinski definition) is 1. The van der Waals surface area contributed by atoms with Crippen molar-refractivity contribution in [2.75, 3.05) is 11.1 Å². The first-order valence-corrected chi connectivity index (χ1v) is 9.52. The molecule has 2 aromatic carbocycles. The topological polar surface area (TPSA) is 42.0 Å². The van der Waals surface area contributed by atoms with Gasteiger partial charge in [0.05, 0.1) is 10.2 Å². The number of amides is 1. The highest BCUT2D eigenvalue weighted by Crippen LogP contribution is 2.27. The predicted molar refractivity (Wildman–Crippen MR) is 99.6 cm³/mol. The summed E-state index contributed by atoms with van der Waals surface area (Å²) in [6, 6.07) is 12.0. The summed E-state index contributed by atoms with van der Waals surface area (Å²) in [4.78, 5) is 17.4. The van der Waals surface area contributed by atoms with Crippen molar-refractivity contribution < 1.29 is 9.18 Å². The van der Waals surface area contributed by atoms with Crippen LogP contribution in [0.2, 0.25) is 5.02 Å². The van der Waals surface area contributed by atoms with E-state index in [0.29, 0.717) is 17.1 Å². The Labute approximate surface area is 152 Å². The van der Waals surface area contributed by atoms with E-state index in [9.17, 15) is 9.18 Å². The summed E-state index contributed by atoms with van der Waals surface area (Å²) in [5.74, 6) is 0.467. The van der Waals surface area contributed by atoms with Gasteiger partial charge in [0.25, 0.3) is 0 Å². The molecule has 3 rings (SSSR count). The highest BCUT2D eigenvalue weighted by Gasteiger charge is 2.08. The van der Waals surface area contributed by atoms with E-state index in [-0.39, 0.29) is 11.7 Å². The van der Waals surface area contributed by atoms with Crippen molar-refractivity contribution in [3.05, 3.63) is 53.3 Å². The van der Waals surface area contributed by atoms with Crippen molar-refractivity contribution in [1.29, 1.82) is 0 Å². The van der Waals surface area contributed by atoms with E-state index in [0.717, 1.165) is 26.8 Å². The van der Waals surface area contributed by atoms with Crippen molar-refractivity contribution in [3.8, 4) is 0 Å². The Morgan fingerprint density at radius 3 is 2.83 bits per heavy atom. The molecule has 0 aliphatic heterocycles. The fourth-order valence-electron chi connectivity index (χ4n) is 2.09. The SMILES string of the molecule is O=C(CCCSc1ccc(Cl)cc1)Nc1nc2ccc(F)cc2s1. The second-order valence-corrected chi connectivity index (χ2v) is 7.72. The maximum atomic E-state index is 13.2. The number of halogens is 2. The third-order valence-corrected chi connectivity index (χ3v) is 5.51. The lowest BCUT2D eigenvalue weighted by Crippen LogP contribution is -2.11. The molecule has 1 N–H and O–H groups in total. The maximum absolute atomic E-state index is 13.2. The zero-order valence-corrected chi connectivity index (χ0v) is 15.0. The molecule has 0 saturated heterocycles. The summed E-state index contributed by atoms with van der Waals surface area (Å²) in [5.41, 5.74) is 0.690. The molecule has 0 atom stereocenters. The fraction of sp³-hybridized carbons (Fsp3) is 0.176. The van der Waals surface area contributed by atoms with Gasteiger partial charge in [0.15, 0.2) is 5.13 Å². The van der Waals surface area contributed by atoms with Gasteiger partial charge >= 0.3 is 0 Å². The zero-order valence-electron chi connectivity index (χ0n) is 12.6. The number of thioether (sulfide) groups is 1. The molecule has 0 aliphatic rings. The van der Waals surface area contributed by atoms with E-state index in [1.54, 1.807) is 17.8 Å². The van der Waals surface area contributed by atoms with Crippen LogP contribution >= 0.6 is 34.7 Å². The standard InChI is InChI=1S/C17H14ClFN2OS2/c18-11-3-6-13(7-4-11)23-9-1-2-16(22)21-17-20-14-8-5-12(19)10-15(14)24-17/h3-8,10H,1-2,9H2,(H,20,21,22). The van der Waals surface area contributed by atoms with Gasteiger partial charge < -0.3 is 5.32 Å². The van der Waals surface area contributed by atoms with Gasteiger partial charge in [-0.05, 0) is 54.6 Å². The van der Waals surface area contributed by atoms with Crippen LogP contribution in [-0.4, -0.2) is 16.6 Å². The van der Waals surface area contributed by atoms with Crippen LogP contribution in [0.25, 0.3) is 10.2 Å². The number of hydrogen-bond acceptors (Lipinski definition) is 4. The molecule has 1 aromatic heterocycles. The Balaban J connectivity index is 1.45. The maximum Gasteiger partial charge on any atom is 0.226 e. The number of rotatable bonds is 6. The van der Waals surface area contributed by atoms with Crippen molar-refractivity contribution in [1.82, 2.24) is 4.98 Å². The first-order valence-electron chi connectivity index (χ1n) is 7.34. The van der Waals surface area contributed by atoms with Crippen LogP contribution in [0.5, 0.6) is 0 Å². The van der Waals surface area contributed by atoms with E-state index in [2.05, 4.69) is 10.3 Å². The van der Waals surface area contributed by atoms with E-state index >= 15 is 0 Å². The number of aromatic nitrogens is 1. The van der Waals surface area contributed by atoms with E-state index in [1.807, 2.05) is 24.3 Å². The van der Waals surface area contributed by atoms with Crippen molar-refractivity contribution >= 4 is 56.0 Å². The molecule has 1 heterocycles. The van der Waals surface area contributed by atoms with Crippen LogP contribution in [0, 0.1) is 5.82 Å². The minimum absolute atomic E-state index is 0.0776. The lowest BCUT2D eigenvalue weighted by molar-refractivity contribution is -0.116. The lowest BCUT2D eigenvalue weighted by Gasteiger charge is -2.02. The summed E-state index contributed by atoms with van der Waals surface area (Å²) in [7, 11) is 0. The smallest absolute Gasteiger partial charge is 0.226 e.